The molecule has 1 heterocycles. The van der Waals surface area contributed by atoms with Crippen molar-refractivity contribution in [1.82, 2.24) is 10.6 Å². The molecule has 0 radical (unpaired) electrons. The van der Waals surface area contributed by atoms with Crippen molar-refractivity contribution >= 4 is 12.2 Å². The smallest absolute Gasteiger partial charge is 0.441 e. The molecule has 1 aliphatic rings. The van der Waals surface area contributed by atoms with Gasteiger partial charge >= 0.3 is 18.6 Å². The molecule has 2 aromatic rings. The molecule has 2 aromatic carbocycles. The van der Waals surface area contributed by atoms with Gasteiger partial charge < -0.3 is 29.6 Å². The lowest BCUT2D eigenvalue weighted by atomic mass is 10.0. The van der Waals surface area contributed by atoms with Crippen LogP contribution in [0.2, 0.25) is 0 Å². The minimum Gasteiger partial charge on any atom is -0.441 e. The highest BCUT2D eigenvalue weighted by Crippen LogP contribution is 2.25. The first kappa shape index (κ1) is 28.0. The molecule has 8 nitrogen and oxygen atoms in total. The Balaban J connectivity index is 1.68. The lowest BCUT2D eigenvalue weighted by Gasteiger charge is -2.26. The van der Waals surface area contributed by atoms with Crippen LogP contribution in [0.1, 0.15) is 31.9 Å². The van der Waals surface area contributed by atoms with Crippen molar-refractivity contribution in [2.45, 2.75) is 63.9 Å². The topological polar surface area (TPSA) is 95.1 Å². The van der Waals surface area contributed by atoms with E-state index >= 15 is 0 Å². The van der Waals surface area contributed by atoms with Gasteiger partial charge in [0.15, 0.2) is 12.2 Å². The highest BCUT2D eigenvalue weighted by atomic mass is 19.4. The van der Waals surface area contributed by atoms with Crippen LogP contribution < -0.4 is 15.4 Å². The van der Waals surface area contributed by atoms with E-state index in [4.69, 9.17) is 14.2 Å². The van der Waals surface area contributed by atoms with Gasteiger partial charge in [0.1, 0.15) is 17.2 Å². The van der Waals surface area contributed by atoms with Crippen molar-refractivity contribution in [3.8, 4) is 5.75 Å². The molecule has 1 amide bonds. The number of carbonyl (C=O) groups is 2. The van der Waals surface area contributed by atoms with Crippen molar-refractivity contribution in [2.75, 3.05) is 6.54 Å². The van der Waals surface area contributed by atoms with Crippen LogP contribution in [0.5, 0.6) is 5.75 Å². The van der Waals surface area contributed by atoms with Crippen molar-refractivity contribution < 1.29 is 46.1 Å². The van der Waals surface area contributed by atoms with Gasteiger partial charge in [-0.1, -0.05) is 24.3 Å². The lowest BCUT2D eigenvalue weighted by Crippen LogP contribution is -2.43. The Kier molecular flexibility index (Phi) is 8.85. The summed E-state index contributed by atoms with van der Waals surface area (Å²) in [5.41, 5.74) is 0.334. The van der Waals surface area contributed by atoms with Crippen LogP contribution in [0.4, 0.5) is 27.2 Å². The van der Waals surface area contributed by atoms with Gasteiger partial charge in [0.05, 0.1) is 6.04 Å². The fraction of sp³-hybridized carbons (Fsp3) is 0.440. The monoisotopic (exact) mass is 528 g/mol. The van der Waals surface area contributed by atoms with Gasteiger partial charge in [0, 0.05) is 13.1 Å². The zero-order valence-corrected chi connectivity index (χ0v) is 20.4. The molecule has 1 saturated heterocycles. The summed E-state index contributed by atoms with van der Waals surface area (Å²) in [6.07, 6.45) is -8.18. The van der Waals surface area contributed by atoms with Crippen molar-refractivity contribution in [1.29, 1.82) is 0 Å². The lowest BCUT2D eigenvalue weighted by molar-refractivity contribution is -0.274. The van der Waals surface area contributed by atoms with E-state index in [0.717, 1.165) is 0 Å². The average molecular weight is 528 g/mol. The molecule has 3 rings (SSSR count). The molecule has 3 atom stereocenters. The summed E-state index contributed by atoms with van der Waals surface area (Å²) in [6, 6.07) is 10.4. The van der Waals surface area contributed by atoms with Gasteiger partial charge in [-0.15, -0.1) is 13.2 Å². The fourth-order valence-corrected chi connectivity index (χ4v) is 3.68. The summed E-state index contributed by atoms with van der Waals surface area (Å²) >= 11 is 0. The van der Waals surface area contributed by atoms with Gasteiger partial charge in [-0.05, 0) is 62.6 Å². The maximum atomic E-state index is 13.4. The SMILES string of the molecule is CC(C)(C)OC(=O)O[C@H]1CN[C@H](Cc2ccc(OC(F)(F)F)cc2)[C@@H]1OC(=O)NCc1cccc(F)c1. The second-order valence-corrected chi connectivity index (χ2v) is 9.38. The number of ether oxygens (including phenoxy) is 4. The number of hydrogen-bond donors (Lipinski definition) is 2. The van der Waals surface area contributed by atoms with E-state index in [9.17, 15) is 27.2 Å². The molecule has 0 saturated carbocycles. The molecule has 1 fully saturated rings. The predicted octanol–water partition coefficient (Wildman–Crippen LogP) is 4.85. The van der Waals surface area contributed by atoms with E-state index in [2.05, 4.69) is 15.4 Å². The fourth-order valence-electron chi connectivity index (χ4n) is 3.68. The minimum absolute atomic E-state index is 0.000332. The molecule has 12 heteroatoms. The number of benzene rings is 2. The first-order valence-electron chi connectivity index (χ1n) is 11.4. The Bertz CT molecular complexity index is 1070. The summed E-state index contributed by atoms with van der Waals surface area (Å²) in [7, 11) is 0. The van der Waals surface area contributed by atoms with Crippen LogP contribution >= 0.6 is 0 Å². The largest absolute Gasteiger partial charge is 0.573 e. The Labute approximate surface area is 211 Å². The van der Waals surface area contributed by atoms with E-state index < -0.39 is 48.3 Å². The minimum atomic E-state index is -4.81. The Morgan fingerprint density at radius 2 is 1.73 bits per heavy atom. The number of nitrogens with one attached hydrogen (secondary N) is 2. The highest BCUT2D eigenvalue weighted by Gasteiger charge is 2.42. The molecule has 1 aliphatic heterocycles. The van der Waals surface area contributed by atoms with Crippen LogP contribution in [0.15, 0.2) is 48.5 Å². The number of carbonyl (C=O) groups excluding carboxylic acids is 2. The third-order valence-corrected chi connectivity index (χ3v) is 5.16. The Morgan fingerprint density at radius 3 is 2.35 bits per heavy atom. The number of amides is 1. The number of hydrogen-bond acceptors (Lipinski definition) is 7. The third kappa shape index (κ3) is 9.45. The number of alkyl halides is 3. The van der Waals surface area contributed by atoms with Crippen LogP contribution in [-0.4, -0.2) is 49.0 Å². The second kappa shape index (κ2) is 11.7. The Morgan fingerprint density at radius 1 is 1.03 bits per heavy atom. The molecule has 2 N–H and O–H groups in total. The van der Waals surface area contributed by atoms with E-state index in [0.29, 0.717) is 11.1 Å². The van der Waals surface area contributed by atoms with E-state index in [1.165, 1.54) is 42.5 Å². The van der Waals surface area contributed by atoms with Crippen LogP contribution in [0, 0.1) is 5.82 Å². The number of halogens is 4. The van der Waals surface area contributed by atoms with Crippen molar-refractivity contribution in [2.24, 2.45) is 0 Å². The van der Waals surface area contributed by atoms with E-state index in [1.807, 2.05) is 0 Å². The van der Waals surface area contributed by atoms with Crippen LogP contribution in [0.25, 0.3) is 0 Å². The molecule has 0 aliphatic carbocycles. The molecular formula is C25H28F4N2O6. The number of alkyl carbamates (subject to hydrolysis) is 1. The average Bonchev–Trinajstić information content (AvgIpc) is 3.12. The van der Waals surface area contributed by atoms with Gasteiger partial charge in [-0.3, -0.25) is 0 Å². The summed E-state index contributed by atoms with van der Waals surface area (Å²) in [4.78, 5) is 24.8. The standard InChI is InChI=1S/C25H28F4N2O6/c1-24(2,3)37-23(33)34-20-14-30-19(12-15-7-9-18(10-8-15)36-25(27,28)29)21(20)35-22(32)31-13-16-5-4-6-17(26)11-16/h4-11,19-21,30H,12-14H2,1-3H3,(H,31,32)/t19-,20+,21+/m1/s1. The predicted molar refractivity (Wildman–Crippen MR) is 123 cm³/mol. The van der Waals surface area contributed by atoms with Crippen LogP contribution in [0.3, 0.4) is 0 Å². The van der Waals surface area contributed by atoms with E-state index in [1.54, 1.807) is 26.8 Å². The molecule has 202 valence electrons. The summed E-state index contributed by atoms with van der Waals surface area (Å²) < 4.78 is 70.7. The molecule has 37 heavy (non-hydrogen) atoms. The first-order chi connectivity index (χ1) is 17.3. The van der Waals surface area contributed by atoms with Crippen molar-refractivity contribution in [3.05, 3.63) is 65.5 Å². The maximum absolute atomic E-state index is 13.4. The first-order valence-corrected chi connectivity index (χ1v) is 11.4. The molecule has 0 spiro atoms. The molecule has 0 aromatic heterocycles. The maximum Gasteiger partial charge on any atom is 0.573 e. The van der Waals surface area contributed by atoms with Crippen molar-refractivity contribution in [3.63, 3.8) is 0 Å². The second-order valence-electron chi connectivity index (χ2n) is 9.38. The van der Waals surface area contributed by atoms with Gasteiger partial charge in [0.2, 0.25) is 0 Å². The molecule has 0 bridgehead atoms. The summed E-state index contributed by atoms with van der Waals surface area (Å²) in [5.74, 6) is -0.823. The zero-order chi connectivity index (χ0) is 27.2. The number of rotatable bonds is 7. The normalized spacial score (nSPS) is 19.7. The quantitative estimate of drug-likeness (QED) is 0.392. The Hall–Kier alpha value is -3.54. The molecule has 0 unspecified atom stereocenters. The summed E-state index contributed by atoms with van der Waals surface area (Å²) in [6.45, 7) is 5.15. The van der Waals surface area contributed by atoms with Gasteiger partial charge in [-0.2, -0.15) is 0 Å². The van der Waals surface area contributed by atoms with Gasteiger partial charge in [0.25, 0.3) is 0 Å². The van der Waals surface area contributed by atoms with Gasteiger partial charge in [-0.25, -0.2) is 14.0 Å². The van der Waals surface area contributed by atoms with E-state index in [-0.39, 0.29) is 25.3 Å². The highest BCUT2D eigenvalue weighted by molar-refractivity contribution is 5.67. The summed E-state index contributed by atoms with van der Waals surface area (Å²) in [5, 5.41) is 5.64. The van der Waals surface area contributed by atoms with Crippen LogP contribution in [-0.2, 0) is 27.2 Å². The molecular weight excluding hydrogens is 500 g/mol. The zero-order valence-electron chi connectivity index (χ0n) is 20.4. The third-order valence-electron chi connectivity index (χ3n) is 5.16.